The summed E-state index contributed by atoms with van der Waals surface area (Å²) in [6.45, 7) is 0. The number of nitrogens with zero attached hydrogens (tertiary/aromatic N) is 2. The highest BCUT2D eigenvalue weighted by Gasteiger charge is 2.32. The van der Waals surface area contributed by atoms with E-state index in [1.54, 1.807) is 0 Å². The van der Waals surface area contributed by atoms with Crippen LogP contribution in [-0.2, 0) is 0 Å². The molecule has 9 rings (SSSR count). The van der Waals surface area contributed by atoms with Crippen LogP contribution < -0.4 is 0 Å². The molecule has 0 N–H and O–H groups in total. The van der Waals surface area contributed by atoms with Crippen LogP contribution in [0.5, 0.6) is 0 Å². The molecule has 220 valence electrons. The lowest BCUT2D eigenvalue weighted by Crippen LogP contribution is -1.93. The largest absolute Gasteiger partial charge is 0.192 e. The van der Waals surface area contributed by atoms with Gasteiger partial charge in [0.2, 0.25) is 0 Å². The average molecular weight is 607 g/mol. The third-order valence-corrected chi connectivity index (χ3v) is 9.69. The Balaban J connectivity index is 1.47. The second-order valence-electron chi connectivity index (χ2n) is 12.2. The number of fused-ring (bicyclic) bond motifs is 4. The maximum atomic E-state index is 9.53. The van der Waals surface area contributed by atoms with Crippen molar-refractivity contribution in [2.45, 2.75) is 0 Å². The summed E-state index contributed by atoms with van der Waals surface area (Å²) in [6.07, 6.45) is 0. The highest BCUT2D eigenvalue weighted by atomic mass is 14.3. The molecule has 0 fully saturated rings. The molecular weight excluding hydrogens is 581 g/mol. The van der Waals surface area contributed by atoms with Gasteiger partial charge in [0.1, 0.15) is 0 Å². The maximum Gasteiger partial charge on any atom is 0.0991 e. The predicted molar refractivity (Wildman–Crippen MR) is 197 cm³/mol. The fourth-order valence-electron chi connectivity index (χ4n) is 7.63. The molecule has 0 heterocycles. The molecule has 2 nitrogen and oxygen atoms in total. The van der Waals surface area contributed by atoms with Gasteiger partial charge in [0.05, 0.1) is 23.3 Å². The SMILES string of the molecule is N#Cc1ccc(-c2ccc3c4c(ccc(-c5ccc(C#N)cc5)c24)-c2c-3c(-c3ccccc3)c3ccccc3c2-c2ccccc2)cc1. The molecular formula is C46H26N2. The summed E-state index contributed by atoms with van der Waals surface area (Å²) in [5, 5.41) is 23.9. The fraction of sp³-hybridized carbons (Fsp3) is 0. The second-order valence-corrected chi connectivity index (χ2v) is 12.2. The molecule has 1 aliphatic carbocycles. The summed E-state index contributed by atoms with van der Waals surface area (Å²) in [6, 6.07) is 59.7. The minimum absolute atomic E-state index is 0.635. The quantitative estimate of drug-likeness (QED) is 0.200. The average Bonchev–Trinajstić information content (AvgIpc) is 3.49. The Bertz CT molecular complexity index is 2460. The van der Waals surface area contributed by atoms with Crippen LogP contribution >= 0.6 is 0 Å². The van der Waals surface area contributed by atoms with Crippen LogP contribution in [0.3, 0.4) is 0 Å². The minimum Gasteiger partial charge on any atom is -0.192 e. The smallest absolute Gasteiger partial charge is 0.0991 e. The molecule has 0 amide bonds. The van der Waals surface area contributed by atoms with Crippen molar-refractivity contribution in [3.05, 3.63) is 169 Å². The zero-order chi connectivity index (χ0) is 32.2. The maximum absolute atomic E-state index is 9.53. The highest BCUT2D eigenvalue weighted by Crippen LogP contribution is 2.59. The van der Waals surface area contributed by atoms with Crippen LogP contribution in [0.1, 0.15) is 11.1 Å². The Morgan fingerprint density at radius 3 is 1.04 bits per heavy atom. The van der Waals surface area contributed by atoms with Crippen molar-refractivity contribution in [1.82, 2.24) is 0 Å². The number of hydrogen-bond acceptors (Lipinski definition) is 2. The zero-order valence-electron chi connectivity index (χ0n) is 25.9. The van der Waals surface area contributed by atoms with Crippen molar-refractivity contribution in [1.29, 1.82) is 10.5 Å². The first kappa shape index (κ1) is 27.6. The molecule has 0 saturated heterocycles. The van der Waals surface area contributed by atoms with E-state index >= 15 is 0 Å². The van der Waals surface area contributed by atoms with Crippen molar-refractivity contribution in [3.8, 4) is 78.9 Å². The molecule has 48 heavy (non-hydrogen) atoms. The van der Waals surface area contributed by atoms with E-state index in [9.17, 15) is 10.5 Å². The summed E-state index contributed by atoms with van der Waals surface area (Å²) < 4.78 is 0. The van der Waals surface area contributed by atoms with Crippen LogP contribution in [0.15, 0.2) is 158 Å². The molecule has 0 saturated carbocycles. The fourth-order valence-corrected chi connectivity index (χ4v) is 7.63. The minimum atomic E-state index is 0.635. The number of hydrogen-bond donors (Lipinski definition) is 0. The molecule has 8 aromatic carbocycles. The molecule has 0 radical (unpaired) electrons. The summed E-state index contributed by atoms with van der Waals surface area (Å²) in [7, 11) is 0. The lowest BCUT2D eigenvalue weighted by atomic mass is 9.82. The van der Waals surface area contributed by atoms with Gasteiger partial charge in [-0.15, -0.1) is 0 Å². The molecule has 0 aromatic heterocycles. The Morgan fingerprint density at radius 2 is 0.646 bits per heavy atom. The van der Waals surface area contributed by atoms with Crippen LogP contribution in [0.4, 0.5) is 0 Å². The molecule has 0 aliphatic heterocycles. The molecule has 0 bridgehead atoms. The summed E-state index contributed by atoms with van der Waals surface area (Å²) in [4.78, 5) is 0. The number of rotatable bonds is 4. The van der Waals surface area contributed by atoms with Crippen molar-refractivity contribution in [3.63, 3.8) is 0 Å². The molecule has 0 unspecified atom stereocenters. The van der Waals surface area contributed by atoms with Crippen LogP contribution in [-0.4, -0.2) is 0 Å². The predicted octanol–water partition coefficient (Wildman–Crippen LogP) is 12.1. The van der Waals surface area contributed by atoms with E-state index < -0.39 is 0 Å². The monoisotopic (exact) mass is 606 g/mol. The van der Waals surface area contributed by atoms with Crippen LogP contribution in [0, 0.1) is 22.7 Å². The van der Waals surface area contributed by atoms with Gasteiger partial charge in [0, 0.05) is 0 Å². The molecule has 2 heteroatoms. The van der Waals surface area contributed by atoms with E-state index in [2.05, 4.69) is 121 Å². The van der Waals surface area contributed by atoms with Gasteiger partial charge in [-0.2, -0.15) is 10.5 Å². The van der Waals surface area contributed by atoms with Gasteiger partial charge in [-0.25, -0.2) is 0 Å². The van der Waals surface area contributed by atoms with Crippen molar-refractivity contribution >= 4 is 21.5 Å². The van der Waals surface area contributed by atoms with Crippen LogP contribution in [0.2, 0.25) is 0 Å². The van der Waals surface area contributed by atoms with E-state index in [0.717, 1.165) is 27.6 Å². The van der Waals surface area contributed by atoms with Gasteiger partial charge in [-0.3, -0.25) is 0 Å². The van der Waals surface area contributed by atoms with E-state index in [-0.39, 0.29) is 0 Å². The third-order valence-electron chi connectivity index (χ3n) is 9.69. The van der Waals surface area contributed by atoms with Gasteiger partial charge in [-0.05, 0) is 113 Å². The normalized spacial score (nSPS) is 11.3. The van der Waals surface area contributed by atoms with Crippen molar-refractivity contribution < 1.29 is 0 Å². The first-order chi connectivity index (χ1) is 23.7. The van der Waals surface area contributed by atoms with Crippen molar-refractivity contribution in [2.75, 3.05) is 0 Å². The van der Waals surface area contributed by atoms with Gasteiger partial charge in [0.15, 0.2) is 0 Å². The molecule has 0 atom stereocenters. The first-order valence-electron chi connectivity index (χ1n) is 16.1. The van der Waals surface area contributed by atoms with Gasteiger partial charge in [0.25, 0.3) is 0 Å². The van der Waals surface area contributed by atoms with E-state index in [0.29, 0.717) is 11.1 Å². The first-order valence-corrected chi connectivity index (χ1v) is 16.1. The lowest BCUT2D eigenvalue weighted by Gasteiger charge is -2.20. The molecule has 1 aliphatic rings. The zero-order valence-corrected chi connectivity index (χ0v) is 25.9. The standard InChI is InChI=1S/C46H26N2/c47-27-29-15-19-31(20-16-29)35-23-25-39-44-40(26-24-36(43(35)44)32-21-17-30(28-48)18-22-32)46-42(34-11-5-2-6-12-34)38-14-8-7-13-37(38)41(45(39)46)33-9-3-1-4-10-33/h1-26H. The second kappa shape index (κ2) is 11.0. The topological polar surface area (TPSA) is 47.6 Å². The number of nitriles is 2. The molecule has 8 aromatic rings. The number of benzene rings is 8. The molecule has 0 spiro atoms. The Morgan fingerprint density at radius 1 is 0.292 bits per heavy atom. The van der Waals surface area contributed by atoms with Gasteiger partial charge in [-0.1, -0.05) is 133 Å². The van der Waals surface area contributed by atoms with Gasteiger partial charge >= 0.3 is 0 Å². The highest BCUT2D eigenvalue weighted by molar-refractivity contribution is 6.30. The van der Waals surface area contributed by atoms with Crippen LogP contribution in [0.25, 0.3) is 88.3 Å². The summed E-state index contributed by atoms with van der Waals surface area (Å²) >= 11 is 0. The Labute approximate surface area is 279 Å². The van der Waals surface area contributed by atoms with Crippen molar-refractivity contribution in [2.24, 2.45) is 0 Å². The van der Waals surface area contributed by atoms with Gasteiger partial charge < -0.3 is 0 Å². The summed E-state index contributed by atoms with van der Waals surface area (Å²) in [5.41, 5.74) is 15.4. The Hall–Kier alpha value is -6.74. The Kier molecular flexibility index (Phi) is 6.29. The van der Waals surface area contributed by atoms with E-state index in [4.69, 9.17) is 0 Å². The summed E-state index contributed by atoms with van der Waals surface area (Å²) in [5.74, 6) is 0. The third kappa shape index (κ3) is 4.11. The lowest BCUT2D eigenvalue weighted by molar-refractivity contribution is 1.48. The van der Waals surface area contributed by atoms with E-state index in [1.165, 1.54) is 60.7 Å². The van der Waals surface area contributed by atoms with E-state index in [1.807, 2.05) is 48.5 Å².